The zero-order valence-electron chi connectivity index (χ0n) is 8.53. The minimum Gasteiger partial charge on any atom is -0.397 e. The third-order valence-electron chi connectivity index (χ3n) is 0.577. The molecule has 13 heavy (non-hydrogen) atoms. The minimum atomic E-state index is 0.139. The smallest absolute Gasteiger partial charge is 0.0555 e. The second kappa shape index (κ2) is 29.8. The van der Waals surface area contributed by atoms with E-state index in [1.807, 2.05) is 0 Å². The molecule has 84 valence electrons. The van der Waals surface area contributed by atoms with E-state index in [-0.39, 0.29) is 26.4 Å². The summed E-state index contributed by atoms with van der Waals surface area (Å²) in [6.07, 6.45) is 0. The zero-order chi connectivity index (χ0) is 10.9. The van der Waals surface area contributed by atoms with Crippen LogP contribution in [0.3, 0.4) is 0 Å². The Balaban J connectivity index is -0.000000140. The van der Waals surface area contributed by atoms with Crippen LogP contribution in [0, 0.1) is 0 Å². The molecule has 0 bridgehead atoms. The zero-order valence-corrected chi connectivity index (χ0v) is 8.53. The van der Waals surface area contributed by atoms with Gasteiger partial charge in [-0.25, -0.2) is 0 Å². The van der Waals surface area contributed by atoms with Gasteiger partial charge in [-0.15, -0.1) is 0 Å². The predicted octanol–water partition coefficient (Wildman–Crippen LogP) is -1.44. The number of hydrogen-bond acceptors (Lipinski definition) is 5. The van der Waals surface area contributed by atoms with Crippen LogP contribution in [0.15, 0.2) is 0 Å². The van der Waals surface area contributed by atoms with Crippen LogP contribution < -0.4 is 5.32 Å². The molecule has 0 amide bonds. The highest BCUT2D eigenvalue weighted by Gasteiger charge is 1.78. The molecular formula is C8H23NO4. The van der Waals surface area contributed by atoms with E-state index < -0.39 is 0 Å². The van der Waals surface area contributed by atoms with Gasteiger partial charge in [-0.05, 0) is 13.8 Å². The molecule has 0 heterocycles. The van der Waals surface area contributed by atoms with Crippen LogP contribution in [0.5, 0.6) is 0 Å². The summed E-state index contributed by atoms with van der Waals surface area (Å²) in [4.78, 5) is 0. The first-order chi connectivity index (χ1) is 6.24. The Morgan fingerprint density at radius 3 is 1.15 bits per heavy atom. The van der Waals surface area contributed by atoms with Crippen LogP contribution in [-0.4, -0.2) is 59.9 Å². The molecule has 0 fully saturated rings. The van der Waals surface area contributed by atoms with Crippen LogP contribution in [0.4, 0.5) is 0 Å². The fraction of sp³-hybridized carbons (Fsp3) is 1.00. The molecule has 0 saturated heterocycles. The van der Waals surface area contributed by atoms with E-state index in [1.54, 1.807) is 13.8 Å². The van der Waals surface area contributed by atoms with E-state index in [4.69, 9.17) is 20.4 Å². The lowest BCUT2D eigenvalue weighted by Crippen LogP contribution is -2.21. The van der Waals surface area contributed by atoms with Gasteiger partial charge >= 0.3 is 0 Å². The summed E-state index contributed by atoms with van der Waals surface area (Å²) < 4.78 is 0. The standard InChI is InChI=1S/C4H11NO2.2C2H6O/c6-3-1-5-2-4-7;2*1-2-3/h5-7H,1-4H2;2*3H,2H2,1H3. The number of hydrogen-bond donors (Lipinski definition) is 5. The van der Waals surface area contributed by atoms with Crippen molar-refractivity contribution in [1.29, 1.82) is 0 Å². The van der Waals surface area contributed by atoms with Crippen LogP contribution in [-0.2, 0) is 0 Å². The van der Waals surface area contributed by atoms with E-state index in [0.29, 0.717) is 13.1 Å². The van der Waals surface area contributed by atoms with Crippen molar-refractivity contribution in [3.05, 3.63) is 0 Å². The molecule has 0 aromatic heterocycles. The van der Waals surface area contributed by atoms with Gasteiger partial charge in [-0.1, -0.05) is 0 Å². The first kappa shape index (κ1) is 18.6. The summed E-state index contributed by atoms with van der Waals surface area (Å²) in [5.41, 5.74) is 0. The number of aliphatic hydroxyl groups is 4. The Morgan fingerprint density at radius 1 is 0.769 bits per heavy atom. The average Bonchev–Trinajstić information content (AvgIpc) is 2.08. The van der Waals surface area contributed by atoms with Crippen LogP contribution in [0.25, 0.3) is 0 Å². The van der Waals surface area contributed by atoms with Crippen molar-refractivity contribution in [2.75, 3.05) is 39.5 Å². The average molecular weight is 197 g/mol. The molecule has 0 saturated carbocycles. The highest BCUT2D eigenvalue weighted by Crippen LogP contribution is 1.54. The maximum atomic E-state index is 8.15. The van der Waals surface area contributed by atoms with Gasteiger partial charge in [-0.2, -0.15) is 0 Å². The topological polar surface area (TPSA) is 93.0 Å². The first-order valence-electron chi connectivity index (χ1n) is 4.39. The summed E-state index contributed by atoms with van der Waals surface area (Å²) in [6, 6.07) is 0. The van der Waals surface area contributed by atoms with Crippen molar-refractivity contribution >= 4 is 0 Å². The molecule has 0 unspecified atom stereocenters. The van der Waals surface area contributed by atoms with Gasteiger partial charge < -0.3 is 25.7 Å². The monoisotopic (exact) mass is 197 g/mol. The fourth-order valence-corrected chi connectivity index (χ4v) is 0.283. The van der Waals surface area contributed by atoms with Gasteiger partial charge in [0.25, 0.3) is 0 Å². The van der Waals surface area contributed by atoms with Gasteiger partial charge in [0.15, 0.2) is 0 Å². The highest BCUT2D eigenvalue weighted by atomic mass is 16.3. The maximum Gasteiger partial charge on any atom is 0.0555 e. The number of nitrogens with one attached hydrogen (secondary N) is 1. The van der Waals surface area contributed by atoms with Gasteiger partial charge in [0.05, 0.1) is 13.2 Å². The van der Waals surface area contributed by atoms with Gasteiger partial charge in [0, 0.05) is 26.3 Å². The molecule has 0 rings (SSSR count). The first-order valence-corrected chi connectivity index (χ1v) is 4.39. The molecule has 0 aliphatic carbocycles. The van der Waals surface area contributed by atoms with Crippen molar-refractivity contribution in [2.24, 2.45) is 0 Å². The van der Waals surface area contributed by atoms with E-state index in [1.165, 1.54) is 0 Å². The Kier molecular flexibility index (Phi) is 42.5. The summed E-state index contributed by atoms with van der Waals surface area (Å²) in [5, 5.41) is 34.2. The third-order valence-corrected chi connectivity index (χ3v) is 0.577. The SMILES string of the molecule is CCO.CCO.OCCNCCO. The fourth-order valence-electron chi connectivity index (χ4n) is 0.283. The van der Waals surface area contributed by atoms with E-state index in [0.717, 1.165) is 0 Å². The van der Waals surface area contributed by atoms with Crippen molar-refractivity contribution in [3.63, 3.8) is 0 Å². The Labute approximate surface area is 80.0 Å². The second-order valence-corrected chi connectivity index (χ2v) is 1.83. The van der Waals surface area contributed by atoms with Crippen LogP contribution >= 0.6 is 0 Å². The molecule has 0 aromatic rings. The molecule has 0 spiro atoms. The molecule has 0 aromatic carbocycles. The third kappa shape index (κ3) is 78.5. The maximum absolute atomic E-state index is 8.15. The van der Waals surface area contributed by atoms with Gasteiger partial charge in [0.2, 0.25) is 0 Å². The van der Waals surface area contributed by atoms with Crippen molar-refractivity contribution in [3.8, 4) is 0 Å². The Hall–Kier alpha value is -0.200. The largest absolute Gasteiger partial charge is 0.397 e. The summed E-state index contributed by atoms with van der Waals surface area (Å²) in [7, 11) is 0. The Morgan fingerprint density at radius 2 is 1.00 bits per heavy atom. The lowest BCUT2D eigenvalue weighted by Gasteiger charge is -1.94. The van der Waals surface area contributed by atoms with Crippen molar-refractivity contribution in [1.82, 2.24) is 5.32 Å². The van der Waals surface area contributed by atoms with Gasteiger partial charge in [-0.3, -0.25) is 0 Å². The lowest BCUT2D eigenvalue weighted by molar-refractivity contribution is 0.266. The molecule has 5 N–H and O–H groups in total. The molecule has 0 aliphatic heterocycles. The van der Waals surface area contributed by atoms with Crippen molar-refractivity contribution in [2.45, 2.75) is 13.8 Å². The lowest BCUT2D eigenvalue weighted by atomic mass is 10.6. The van der Waals surface area contributed by atoms with Crippen molar-refractivity contribution < 1.29 is 20.4 Å². The normalized spacial score (nSPS) is 7.85. The summed E-state index contributed by atoms with van der Waals surface area (Å²) in [5.74, 6) is 0. The molecular weight excluding hydrogens is 174 g/mol. The summed E-state index contributed by atoms with van der Waals surface area (Å²) in [6.45, 7) is 5.28. The molecule has 5 nitrogen and oxygen atoms in total. The molecule has 5 heteroatoms. The molecule has 0 aliphatic rings. The number of rotatable bonds is 4. The predicted molar refractivity (Wildman–Crippen MR) is 52.6 cm³/mol. The molecule has 0 atom stereocenters. The van der Waals surface area contributed by atoms with Crippen LogP contribution in [0.1, 0.15) is 13.8 Å². The van der Waals surface area contributed by atoms with E-state index in [9.17, 15) is 0 Å². The van der Waals surface area contributed by atoms with E-state index in [2.05, 4.69) is 5.32 Å². The summed E-state index contributed by atoms with van der Waals surface area (Å²) >= 11 is 0. The molecule has 0 radical (unpaired) electrons. The van der Waals surface area contributed by atoms with E-state index >= 15 is 0 Å². The number of aliphatic hydroxyl groups excluding tert-OH is 4. The highest BCUT2D eigenvalue weighted by molar-refractivity contribution is 4.39. The second-order valence-electron chi connectivity index (χ2n) is 1.83. The van der Waals surface area contributed by atoms with Crippen LogP contribution in [0.2, 0.25) is 0 Å². The van der Waals surface area contributed by atoms with Gasteiger partial charge in [0.1, 0.15) is 0 Å². The quantitative estimate of drug-likeness (QED) is 0.356. The Bertz CT molecular complexity index is 49.4. The minimum absolute atomic E-state index is 0.139.